The molecule has 0 amide bonds. The van der Waals surface area contributed by atoms with Gasteiger partial charge in [-0.15, -0.1) is 0 Å². The number of nitrogens with one attached hydrogen (secondary N) is 1. The Bertz CT molecular complexity index is 633. The monoisotopic (exact) mass is 292 g/mol. The van der Waals surface area contributed by atoms with Gasteiger partial charge in [0.2, 0.25) is 0 Å². The molecular weight excluding hydrogens is 276 g/mol. The lowest BCUT2D eigenvalue weighted by Gasteiger charge is -2.15. The highest BCUT2D eigenvalue weighted by Gasteiger charge is 2.12. The van der Waals surface area contributed by atoms with Crippen LogP contribution >= 0.6 is 11.3 Å². The van der Waals surface area contributed by atoms with Crippen LogP contribution in [-0.2, 0) is 11.3 Å². The summed E-state index contributed by atoms with van der Waals surface area (Å²) in [6.45, 7) is 1.01. The average molecular weight is 292 g/mol. The standard InChI is InChI=1S/C14H16N2O3S/c1-16(8-7-12(17)18)9-11-13(15-14(19)20-11)10-5-3-2-4-6-10/h2-6H,7-9H2,1H3,(H,15,19)(H,17,18). The fraction of sp³-hybridized carbons (Fsp3) is 0.286. The molecule has 0 aliphatic carbocycles. The summed E-state index contributed by atoms with van der Waals surface area (Å²) in [5, 5.41) is 8.68. The molecule has 1 aromatic heterocycles. The van der Waals surface area contributed by atoms with Crippen molar-refractivity contribution in [2.75, 3.05) is 13.6 Å². The molecule has 2 N–H and O–H groups in total. The van der Waals surface area contributed by atoms with Gasteiger partial charge in [-0.1, -0.05) is 41.7 Å². The minimum absolute atomic E-state index is 0.0921. The van der Waals surface area contributed by atoms with Crippen LogP contribution in [0.2, 0.25) is 0 Å². The van der Waals surface area contributed by atoms with Gasteiger partial charge in [0, 0.05) is 18.0 Å². The number of nitrogens with zero attached hydrogens (tertiary/aromatic N) is 1. The summed E-state index contributed by atoms with van der Waals surface area (Å²) >= 11 is 1.17. The van der Waals surface area contributed by atoms with Crippen LogP contribution in [0.5, 0.6) is 0 Å². The molecular formula is C14H16N2O3S. The number of benzene rings is 1. The van der Waals surface area contributed by atoms with Gasteiger partial charge in [-0.2, -0.15) is 0 Å². The Morgan fingerprint density at radius 3 is 2.70 bits per heavy atom. The lowest BCUT2D eigenvalue weighted by atomic mass is 10.1. The molecule has 1 aromatic carbocycles. The van der Waals surface area contributed by atoms with Crippen molar-refractivity contribution in [3.8, 4) is 11.3 Å². The minimum Gasteiger partial charge on any atom is -0.481 e. The van der Waals surface area contributed by atoms with Crippen molar-refractivity contribution in [3.05, 3.63) is 44.9 Å². The van der Waals surface area contributed by atoms with Gasteiger partial charge in [-0.25, -0.2) is 0 Å². The third kappa shape index (κ3) is 3.79. The molecule has 0 radical (unpaired) electrons. The molecule has 0 atom stereocenters. The molecule has 0 saturated heterocycles. The third-order valence-electron chi connectivity index (χ3n) is 2.91. The summed E-state index contributed by atoms with van der Waals surface area (Å²) in [6, 6.07) is 9.65. The molecule has 0 bridgehead atoms. The Morgan fingerprint density at radius 2 is 2.05 bits per heavy atom. The van der Waals surface area contributed by atoms with E-state index in [2.05, 4.69) is 4.98 Å². The first-order chi connectivity index (χ1) is 9.56. The van der Waals surface area contributed by atoms with Gasteiger partial charge >= 0.3 is 10.8 Å². The predicted molar refractivity (Wildman–Crippen MR) is 79.0 cm³/mol. The highest BCUT2D eigenvalue weighted by molar-refractivity contribution is 7.09. The molecule has 0 aliphatic heterocycles. The van der Waals surface area contributed by atoms with Crippen molar-refractivity contribution in [3.63, 3.8) is 0 Å². The highest BCUT2D eigenvalue weighted by Crippen LogP contribution is 2.23. The third-order valence-corrected chi connectivity index (χ3v) is 3.77. The van der Waals surface area contributed by atoms with Crippen molar-refractivity contribution in [2.45, 2.75) is 13.0 Å². The van der Waals surface area contributed by atoms with Gasteiger partial charge in [-0.3, -0.25) is 9.59 Å². The van der Waals surface area contributed by atoms with Crippen molar-refractivity contribution < 1.29 is 9.90 Å². The van der Waals surface area contributed by atoms with E-state index in [1.54, 1.807) is 0 Å². The number of carboxylic acids is 1. The van der Waals surface area contributed by atoms with Crippen molar-refractivity contribution in [1.29, 1.82) is 0 Å². The zero-order valence-electron chi connectivity index (χ0n) is 11.1. The van der Waals surface area contributed by atoms with E-state index < -0.39 is 5.97 Å². The maximum atomic E-state index is 11.6. The molecule has 0 aliphatic rings. The van der Waals surface area contributed by atoms with Gasteiger partial charge < -0.3 is 15.0 Å². The van der Waals surface area contributed by atoms with E-state index in [9.17, 15) is 9.59 Å². The number of rotatable bonds is 6. The Balaban J connectivity index is 2.16. The number of H-pyrrole nitrogens is 1. The molecule has 20 heavy (non-hydrogen) atoms. The van der Waals surface area contributed by atoms with E-state index in [1.807, 2.05) is 42.3 Å². The van der Waals surface area contributed by atoms with Gasteiger partial charge in [0.15, 0.2) is 0 Å². The second kappa shape index (κ2) is 6.49. The van der Waals surface area contributed by atoms with Crippen LogP contribution in [0.25, 0.3) is 11.3 Å². The number of hydrogen-bond acceptors (Lipinski definition) is 4. The van der Waals surface area contributed by atoms with Gasteiger partial charge in [0.1, 0.15) is 0 Å². The van der Waals surface area contributed by atoms with E-state index in [-0.39, 0.29) is 11.3 Å². The van der Waals surface area contributed by atoms with E-state index in [0.29, 0.717) is 13.1 Å². The Hall–Kier alpha value is -1.92. The molecule has 106 valence electrons. The summed E-state index contributed by atoms with van der Waals surface area (Å²) in [4.78, 5) is 27.7. The first kappa shape index (κ1) is 14.5. The summed E-state index contributed by atoms with van der Waals surface area (Å²) < 4.78 is 0. The molecule has 0 unspecified atom stereocenters. The maximum absolute atomic E-state index is 11.6. The summed E-state index contributed by atoms with van der Waals surface area (Å²) in [6.07, 6.45) is 0.0937. The lowest BCUT2D eigenvalue weighted by Crippen LogP contribution is -2.21. The van der Waals surface area contributed by atoms with Crippen LogP contribution < -0.4 is 4.87 Å². The van der Waals surface area contributed by atoms with E-state index in [4.69, 9.17) is 5.11 Å². The highest BCUT2D eigenvalue weighted by atomic mass is 32.1. The second-order valence-corrected chi connectivity index (χ2v) is 5.63. The number of thiazole rings is 1. The Morgan fingerprint density at radius 1 is 1.35 bits per heavy atom. The molecule has 2 aromatic rings. The van der Waals surface area contributed by atoms with E-state index >= 15 is 0 Å². The van der Waals surface area contributed by atoms with E-state index in [0.717, 1.165) is 16.1 Å². The second-order valence-electron chi connectivity index (χ2n) is 4.56. The molecule has 5 nitrogen and oxygen atoms in total. The molecule has 6 heteroatoms. The largest absolute Gasteiger partial charge is 0.481 e. The van der Waals surface area contributed by atoms with Crippen molar-refractivity contribution in [2.24, 2.45) is 0 Å². The van der Waals surface area contributed by atoms with Crippen LogP contribution in [0.15, 0.2) is 35.1 Å². The lowest BCUT2D eigenvalue weighted by molar-refractivity contribution is -0.137. The summed E-state index contributed by atoms with van der Waals surface area (Å²) in [7, 11) is 1.85. The Labute approximate surface area is 120 Å². The quantitative estimate of drug-likeness (QED) is 0.854. The molecule has 0 fully saturated rings. The average Bonchev–Trinajstić information content (AvgIpc) is 2.78. The predicted octanol–water partition coefficient (Wildman–Crippen LogP) is 2.01. The zero-order chi connectivity index (χ0) is 14.5. The first-order valence-electron chi connectivity index (χ1n) is 6.24. The van der Waals surface area contributed by atoms with Crippen molar-refractivity contribution >= 4 is 17.3 Å². The SMILES string of the molecule is CN(CCC(=O)O)Cc1sc(=O)[nH]c1-c1ccccc1. The summed E-state index contributed by atoms with van der Waals surface area (Å²) in [5.41, 5.74) is 1.79. The van der Waals surface area contributed by atoms with Crippen LogP contribution in [0.4, 0.5) is 0 Å². The Kier molecular flexibility index (Phi) is 4.70. The molecule has 2 rings (SSSR count). The number of carbonyl (C=O) groups is 1. The van der Waals surface area contributed by atoms with Gasteiger partial charge in [-0.05, 0) is 12.6 Å². The van der Waals surface area contributed by atoms with Crippen LogP contribution in [-0.4, -0.2) is 34.6 Å². The number of aromatic amines is 1. The van der Waals surface area contributed by atoms with Crippen LogP contribution in [0.1, 0.15) is 11.3 Å². The summed E-state index contributed by atoms with van der Waals surface area (Å²) in [5.74, 6) is -0.817. The van der Waals surface area contributed by atoms with Gasteiger partial charge in [0.25, 0.3) is 0 Å². The number of aliphatic carboxylic acids is 1. The fourth-order valence-corrected chi connectivity index (χ4v) is 2.85. The molecule has 0 spiro atoms. The maximum Gasteiger partial charge on any atom is 0.305 e. The fourth-order valence-electron chi connectivity index (χ4n) is 1.92. The van der Waals surface area contributed by atoms with Crippen LogP contribution in [0.3, 0.4) is 0 Å². The van der Waals surface area contributed by atoms with E-state index in [1.165, 1.54) is 11.3 Å². The molecule has 1 heterocycles. The topological polar surface area (TPSA) is 73.4 Å². The normalized spacial score (nSPS) is 10.9. The number of aromatic nitrogens is 1. The smallest absolute Gasteiger partial charge is 0.305 e. The van der Waals surface area contributed by atoms with Crippen LogP contribution in [0, 0.1) is 0 Å². The number of carboxylic acid groups (broad SMARTS) is 1. The minimum atomic E-state index is -0.817. The van der Waals surface area contributed by atoms with Gasteiger partial charge in [0.05, 0.1) is 12.1 Å². The number of hydrogen-bond donors (Lipinski definition) is 2. The molecule has 0 saturated carbocycles. The van der Waals surface area contributed by atoms with Crippen molar-refractivity contribution in [1.82, 2.24) is 9.88 Å². The first-order valence-corrected chi connectivity index (χ1v) is 7.05. The zero-order valence-corrected chi connectivity index (χ0v) is 11.9.